The SMILES string of the molecule is CN1CCOC(CNc2cc(Br)nc(C3CC3)n2)C1. The van der Waals surface area contributed by atoms with Gasteiger partial charge in [0, 0.05) is 31.6 Å². The van der Waals surface area contributed by atoms with Gasteiger partial charge in [0.2, 0.25) is 0 Å². The van der Waals surface area contributed by atoms with Crippen LogP contribution in [0.3, 0.4) is 0 Å². The summed E-state index contributed by atoms with van der Waals surface area (Å²) in [6.07, 6.45) is 2.66. The van der Waals surface area contributed by atoms with E-state index in [4.69, 9.17) is 4.74 Å². The molecule has 1 aromatic heterocycles. The zero-order valence-corrected chi connectivity index (χ0v) is 12.7. The van der Waals surface area contributed by atoms with Crippen LogP contribution in [-0.4, -0.2) is 54.3 Å². The molecule has 1 aliphatic carbocycles. The fourth-order valence-corrected chi connectivity index (χ4v) is 2.66. The number of ether oxygens (including phenoxy) is 1. The number of aromatic nitrogens is 2. The lowest BCUT2D eigenvalue weighted by Crippen LogP contribution is -2.43. The topological polar surface area (TPSA) is 50.3 Å². The number of hydrogen-bond acceptors (Lipinski definition) is 5. The van der Waals surface area contributed by atoms with Gasteiger partial charge in [-0.15, -0.1) is 0 Å². The number of rotatable bonds is 4. The average Bonchev–Trinajstić information content (AvgIpc) is 3.20. The molecule has 0 amide bonds. The lowest BCUT2D eigenvalue weighted by molar-refractivity contribution is -0.0117. The molecule has 1 N–H and O–H groups in total. The van der Waals surface area contributed by atoms with E-state index in [1.54, 1.807) is 0 Å². The number of hydrogen-bond donors (Lipinski definition) is 1. The second-order valence-electron chi connectivity index (χ2n) is 5.34. The van der Waals surface area contributed by atoms with E-state index in [1.807, 2.05) is 6.07 Å². The van der Waals surface area contributed by atoms with Crippen molar-refractivity contribution in [2.24, 2.45) is 0 Å². The van der Waals surface area contributed by atoms with E-state index in [1.165, 1.54) is 12.8 Å². The number of morpholine rings is 1. The van der Waals surface area contributed by atoms with Crippen LogP contribution in [0.2, 0.25) is 0 Å². The first-order chi connectivity index (χ1) is 9.20. The largest absolute Gasteiger partial charge is 0.374 e. The molecule has 1 unspecified atom stereocenters. The summed E-state index contributed by atoms with van der Waals surface area (Å²) in [7, 11) is 2.13. The molecule has 6 heteroatoms. The van der Waals surface area contributed by atoms with Crippen LogP contribution in [0, 0.1) is 0 Å². The second-order valence-corrected chi connectivity index (χ2v) is 6.16. The van der Waals surface area contributed by atoms with Gasteiger partial charge >= 0.3 is 0 Å². The highest BCUT2D eigenvalue weighted by atomic mass is 79.9. The lowest BCUT2D eigenvalue weighted by Gasteiger charge is -2.30. The number of anilines is 1. The third-order valence-corrected chi connectivity index (χ3v) is 3.91. The van der Waals surface area contributed by atoms with Gasteiger partial charge in [-0.2, -0.15) is 0 Å². The summed E-state index contributed by atoms with van der Waals surface area (Å²) in [6.45, 7) is 3.58. The minimum atomic E-state index is 0.233. The van der Waals surface area contributed by atoms with Crippen molar-refractivity contribution in [2.75, 3.05) is 38.6 Å². The molecule has 0 spiro atoms. The Hall–Kier alpha value is -0.720. The van der Waals surface area contributed by atoms with Crippen molar-refractivity contribution in [1.29, 1.82) is 0 Å². The Labute approximate surface area is 121 Å². The molecule has 104 valence electrons. The van der Waals surface area contributed by atoms with Crippen molar-refractivity contribution >= 4 is 21.7 Å². The van der Waals surface area contributed by atoms with Crippen LogP contribution >= 0.6 is 15.9 Å². The van der Waals surface area contributed by atoms with E-state index in [2.05, 4.69) is 43.2 Å². The molecule has 1 aliphatic heterocycles. The van der Waals surface area contributed by atoms with Gasteiger partial charge in [-0.05, 0) is 35.8 Å². The minimum Gasteiger partial charge on any atom is -0.374 e. The standard InChI is InChI=1S/C13H19BrN4O/c1-18-4-5-19-10(8-18)7-15-12-6-11(14)16-13(17-12)9-2-3-9/h6,9-10H,2-5,7-8H2,1H3,(H,15,16,17). The molecule has 1 atom stereocenters. The predicted molar refractivity (Wildman–Crippen MR) is 77.4 cm³/mol. The molecular formula is C13H19BrN4O. The highest BCUT2D eigenvalue weighted by Crippen LogP contribution is 2.38. The predicted octanol–water partition coefficient (Wildman–Crippen LogP) is 1.86. The van der Waals surface area contributed by atoms with Crippen LogP contribution in [0.25, 0.3) is 0 Å². The Morgan fingerprint density at radius 2 is 2.32 bits per heavy atom. The first-order valence-corrected chi connectivity index (χ1v) is 7.58. The van der Waals surface area contributed by atoms with Gasteiger partial charge in [0.1, 0.15) is 16.2 Å². The maximum Gasteiger partial charge on any atom is 0.135 e. The van der Waals surface area contributed by atoms with Crippen molar-refractivity contribution in [2.45, 2.75) is 24.9 Å². The molecule has 3 rings (SSSR count). The van der Waals surface area contributed by atoms with E-state index >= 15 is 0 Å². The molecule has 0 bridgehead atoms. The lowest BCUT2D eigenvalue weighted by atomic mass is 10.3. The minimum absolute atomic E-state index is 0.233. The van der Waals surface area contributed by atoms with Gasteiger partial charge in [-0.1, -0.05) is 0 Å². The Balaban J connectivity index is 1.59. The van der Waals surface area contributed by atoms with Crippen molar-refractivity contribution in [3.63, 3.8) is 0 Å². The molecular weight excluding hydrogens is 308 g/mol. The molecule has 1 saturated carbocycles. The quantitative estimate of drug-likeness (QED) is 0.856. The molecule has 19 heavy (non-hydrogen) atoms. The van der Waals surface area contributed by atoms with Crippen molar-refractivity contribution in [3.8, 4) is 0 Å². The summed E-state index contributed by atoms with van der Waals surface area (Å²) in [6, 6.07) is 1.93. The van der Waals surface area contributed by atoms with Gasteiger partial charge in [0.15, 0.2) is 0 Å². The molecule has 5 nitrogen and oxygen atoms in total. The monoisotopic (exact) mass is 326 g/mol. The summed E-state index contributed by atoms with van der Waals surface area (Å²) in [5.74, 6) is 2.41. The van der Waals surface area contributed by atoms with E-state index < -0.39 is 0 Å². The van der Waals surface area contributed by atoms with E-state index in [0.717, 1.165) is 42.5 Å². The summed E-state index contributed by atoms with van der Waals surface area (Å²) in [5, 5.41) is 3.37. The van der Waals surface area contributed by atoms with Crippen LogP contribution in [0.5, 0.6) is 0 Å². The van der Waals surface area contributed by atoms with E-state index in [9.17, 15) is 0 Å². The Morgan fingerprint density at radius 1 is 1.47 bits per heavy atom. The number of nitrogens with one attached hydrogen (secondary N) is 1. The fourth-order valence-electron chi connectivity index (χ4n) is 2.26. The van der Waals surface area contributed by atoms with Gasteiger partial charge in [-0.25, -0.2) is 9.97 Å². The fraction of sp³-hybridized carbons (Fsp3) is 0.692. The maximum absolute atomic E-state index is 5.73. The van der Waals surface area contributed by atoms with Gasteiger partial charge in [0.25, 0.3) is 0 Å². The van der Waals surface area contributed by atoms with Crippen molar-refractivity contribution < 1.29 is 4.74 Å². The Bertz CT molecular complexity index is 452. The highest BCUT2D eigenvalue weighted by molar-refractivity contribution is 9.10. The van der Waals surface area contributed by atoms with Crippen LogP contribution in [-0.2, 0) is 4.74 Å². The highest BCUT2D eigenvalue weighted by Gasteiger charge is 2.27. The van der Waals surface area contributed by atoms with E-state index in [-0.39, 0.29) is 6.10 Å². The molecule has 2 fully saturated rings. The van der Waals surface area contributed by atoms with Crippen molar-refractivity contribution in [1.82, 2.24) is 14.9 Å². The van der Waals surface area contributed by atoms with Crippen LogP contribution in [0.15, 0.2) is 10.7 Å². The normalized spacial score (nSPS) is 24.4. The van der Waals surface area contributed by atoms with Crippen LogP contribution in [0.4, 0.5) is 5.82 Å². The summed E-state index contributed by atoms with van der Waals surface area (Å²) in [4.78, 5) is 11.3. The third-order valence-electron chi connectivity index (χ3n) is 3.51. The number of halogens is 1. The van der Waals surface area contributed by atoms with Crippen LogP contribution in [0.1, 0.15) is 24.6 Å². The summed E-state index contributed by atoms with van der Waals surface area (Å²) < 4.78 is 6.59. The molecule has 0 radical (unpaired) electrons. The maximum atomic E-state index is 5.73. The Kier molecular flexibility index (Phi) is 4.00. The number of nitrogens with zero attached hydrogens (tertiary/aromatic N) is 3. The number of likely N-dealkylation sites (N-methyl/N-ethyl adjacent to an activating group) is 1. The Morgan fingerprint density at radius 3 is 3.05 bits per heavy atom. The summed E-state index contributed by atoms with van der Waals surface area (Å²) >= 11 is 3.45. The van der Waals surface area contributed by atoms with Gasteiger partial charge in [-0.3, -0.25) is 0 Å². The zero-order chi connectivity index (χ0) is 13.2. The second kappa shape index (κ2) is 5.73. The molecule has 1 aromatic rings. The van der Waals surface area contributed by atoms with Crippen molar-refractivity contribution in [3.05, 3.63) is 16.5 Å². The molecule has 2 aliphatic rings. The zero-order valence-electron chi connectivity index (χ0n) is 11.1. The third kappa shape index (κ3) is 3.64. The smallest absolute Gasteiger partial charge is 0.135 e. The van der Waals surface area contributed by atoms with Gasteiger partial charge < -0.3 is 15.0 Å². The van der Waals surface area contributed by atoms with E-state index in [0.29, 0.717) is 5.92 Å². The first kappa shape index (κ1) is 13.3. The van der Waals surface area contributed by atoms with Gasteiger partial charge in [0.05, 0.1) is 12.7 Å². The van der Waals surface area contributed by atoms with Crippen LogP contribution < -0.4 is 5.32 Å². The molecule has 2 heterocycles. The molecule has 0 aromatic carbocycles. The summed E-state index contributed by atoms with van der Waals surface area (Å²) in [5.41, 5.74) is 0. The average molecular weight is 327 g/mol. The first-order valence-electron chi connectivity index (χ1n) is 6.79. The molecule has 1 saturated heterocycles.